The predicted molar refractivity (Wildman–Crippen MR) is 140 cm³/mol. The molecule has 4 rings (SSSR count). The third-order valence-corrected chi connectivity index (χ3v) is 6.76. The molecule has 0 unspecified atom stereocenters. The number of aromatic nitrogens is 1. The van der Waals surface area contributed by atoms with Crippen LogP contribution in [-0.2, 0) is 16.0 Å². The van der Waals surface area contributed by atoms with Crippen molar-refractivity contribution in [1.29, 1.82) is 0 Å². The number of phenolic OH excluding ortho intramolecular Hbond substituents is 1. The van der Waals surface area contributed by atoms with Gasteiger partial charge in [0, 0.05) is 0 Å². The summed E-state index contributed by atoms with van der Waals surface area (Å²) >= 11 is 1.25. The smallest absolute Gasteiger partial charge is 0.338 e. The number of fused-ring (bicyclic) bond motifs is 1. The molecule has 1 aliphatic heterocycles. The van der Waals surface area contributed by atoms with E-state index in [0.29, 0.717) is 32.8 Å². The van der Waals surface area contributed by atoms with Crippen LogP contribution in [0.2, 0.25) is 0 Å². The Kier molecular flexibility index (Phi) is 7.26. The molecule has 7 nitrogen and oxygen atoms in total. The number of esters is 1. The minimum absolute atomic E-state index is 0.178. The van der Waals surface area contributed by atoms with Crippen molar-refractivity contribution in [2.75, 3.05) is 7.11 Å². The second-order valence-electron chi connectivity index (χ2n) is 8.69. The van der Waals surface area contributed by atoms with E-state index in [4.69, 9.17) is 9.47 Å². The number of benzene rings is 2. The number of methoxy groups -OCH3 is 1. The molecular formula is C28H28N2O5S. The maximum atomic E-state index is 13.7. The van der Waals surface area contributed by atoms with Crippen LogP contribution in [-0.4, -0.2) is 28.9 Å². The van der Waals surface area contributed by atoms with Gasteiger partial charge >= 0.3 is 5.97 Å². The molecule has 0 saturated heterocycles. The molecule has 36 heavy (non-hydrogen) atoms. The SMILES string of the molecule is C=CCc1cc(/C=c2/sc3n(c2=O)[C@H](c2ccc(OC)cc2)C(C(=O)OC(C)C)=C(C)N=3)ccc1O. The Hall–Kier alpha value is -3.91. The predicted octanol–water partition coefficient (Wildman–Crippen LogP) is 3.63. The number of thiazole rings is 1. The molecule has 0 amide bonds. The van der Waals surface area contributed by atoms with Crippen LogP contribution in [0.25, 0.3) is 6.08 Å². The van der Waals surface area contributed by atoms with Crippen LogP contribution in [0.15, 0.2) is 76.2 Å². The van der Waals surface area contributed by atoms with E-state index in [2.05, 4.69) is 11.6 Å². The van der Waals surface area contributed by atoms with Gasteiger partial charge in [0.15, 0.2) is 4.80 Å². The van der Waals surface area contributed by atoms with Crippen LogP contribution >= 0.6 is 11.3 Å². The molecule has 0 radical (unpaired) electrons. The Labute approximate surface area is 213 Å². The Bertz CT molecular complexity index is 1530. The van der Waals surface area contributed by atoms with E-state index in [1.54, 1.807) is 68.9 Å². The highest BCUT2D eigenvalue weighted by Gasteiger charge is 2.33. The lowest BCUT2D eigenvalue weighted by Crippen LogP contribution is -2.40. The monoisotopic (exact) mass is 504 g/mol. The zero-order chi connectivity index (χ0) is 26.0. The summed E-state index contributed by atoms with van der Waals surface area (Å²) in [6.07, 6.45) is 3.67. The highest BCUT2D eigenvalue weighted by atomic mass is 32.1. The molecule has 2 aromatic carbocycles. The molecular weight excluding hydrogens is 476 g/mol. The van der Waals surface area contributed by atoms with Gasteiger partial charge in [0.2, 0.25) is 0 Å². The first-order valence-corrected chi connectivity index (χ1v) is 12.4. The molecule has 0 spiro atoms. The summed E-state index contributed by atoms with van der Waals surface area (Å²) in [5, 5.41) is 10.1. The Morgan fingerprint density at radius 2 is 1.97 bits per heavy atom. The van der Waals surface area contributed by atoms with Crippen molar-refractivity contribution >= 4 is 23.4 Å². The van der Waals surface area contributed by atoms with Gasteiger partial charge in [-0.1, -0.05) is 35.6 Å². The van der Waals surface area contributed by atoms with Gasteiger partial charge in [0.1, 0.15) is 11.5 Å². The fraction of sp³-hybridized carbons (Fsp3) is 0.250. The van der Waals surface area contributed by atoms with E-state index in [-0.39, 0.29) is 17.4 Å². The highest BCUT2D eigenvalue weighted by Crippen LogP contribution is 2.32. The molecule has 1 N–H and O–H groups in total. The zero-order valence-corrected chi connectivity index (χ0v) is 21.5. The van der Waals surface area contributed by atoms with Gasteiger partial charge < -0.3 is 14.6 Å². The van der Waals surface area contributed by atoms with Crippen LogP contribution in [0.4, 0.5) is 0 Å². The number of phenols is 1. The Morgan fingerprint density at radius 3 is 2.61 bits per heavy atom. The van der Waals surface area contributed by atoms with Crippen LogP contribution in [0.5, 0.6) is 11.5 Å². The summed E-state index contributed by atoms with van der Waals surface area (Å²) in [7, 11) is 1.58. The van der Waals surface area contributed by atoms with E-state index in [9.17, 15) is 14.7 Å². The van der Waals surface area contributed by atoms with E-state index >= 15 is 0 Å². The van der Waals surface area contributed by atoms with E-state index in [1.165, 1.54) is 11.3 Å². The van der Waals surface area contributed by atoms with Gasteiger partial charge in [-0.05, 0) is 74.2 Å². The molecule has 1 atom stereocenters. The normalized spacial score (nSPS) is 15.5. The van der Waals surface area contributed by atoms with Gasteiger partial charge in [0.25, 0.3) is 5.56 Å². The number of allylic oxidation sites excluding steroid dienone is 2. The molecule has 0 fully saturated rings. The third kappa shape index (κ3) is 4.90. The number of carbonyl (C=O) groups excluding carboxylic acids is 1. The van der Waals surface area contributed by atoms with Gasteiger partial charge in [-0.15, -0.1) is 6.58 Å². The molecule has 2 heterocycles. The molecule has 186 valence electrons. The van der Waals surface area contributed by atoms with Crippen molar-refractivity contribution in [2.24, 2.45) is 4.99 Å². The van der Waals surface area contributed by atoms with Crippen molar-refractivity contribution in [3.05, 3.63) is 103 Å². The molecule has 1 aromatic heterocycles. The first-order valence-electron chi connectivity index (χ1n) is 11.5. The topological polar surface area (TPSA) is 90.1 Å². The number of aromatic hydroxyl groups is 1. The fourth-order valence-electron chi connectivity index (χ4n) is 4.13. The van der Waals surface area contributed by atoms with Crippen molar-refractivity contribution in [3.8, 4) is 11.5 Å². The summed E-state index contributed by atoms with van der Waals surface area (Å²) < 4.78 is 12.8. The number of ether oxygens (including phenoxy) is 2. The van der Waals surface area contributed by atoms with Crippen LogP contribution in [0.3, 0.4) is 0 Å². The van der Waals surface area contributed by atoms with E-state index in [0.717, 1.165) is 16.7 Å². The van der Waals surface area contributed by atoms with E-state index in [1.807, 2.05) is 18.2 Å². The number of nitrogens with zero attached hydrogens (tertiary/aromatic N) is 2. The van der Waals surface area contributed by atoms with Gasteiger partial charge in [-0.2, -0.15) is 0 Å². The molecule has 8 heteroatoms. The van der Waals surface area contributed by atoms with Crippen LogP contribution in [0, 0.1) is 0 Å². The third-order valence-electron chi connectivity index (χ3n) is 5.78. The largest absolute Gasteiger partial charge is 0.508 e. The summed E-state index contributed by atoms with van der Waals surface area (Å²) in [6, 6.07) is 11.7. The van der Waals surface area contributed by atoms with Crippen molar-refractivity contribution in [3.63, 3.8) is 0 Å². The minimum atomic E-state index is -0.697. The van der Waals surface area contributed by atoms with Crippen LogP contribution in [0.1, 0.15) is 43.5 Å². The molecule has 3 aromatic rings. The van der Waals surface area contributed by atoms with Crippen molar-refractivity contribution in [1.82, 2.24) is 4.57 Å². The summed E-state index contributed by atoms with van der Waals surface area (Å²) in [5.41, 5.74) is 2.80. The Balaban J connectivity index is 1.91. The first-order chi connectivity index (χ1) is 17.2. The fourth-order valence-corrected chi connectivity index (χ4v) is 5.17. The number of hydrogen-bond acceptors (Lipinski definition) is 7. The van der Waals surface area contributed by atoms with Crippen LogP contribution < -0.4 is 19.6 Å². The molecule has 0 aliphatic carbocycles. The van der Waals surface area contributed by atoms with Gasteiger partial charge in [-0.3, -0.25) is 9.36 Å². The first kappa shape index (κ1) is 25.2. The lowest BCUT2D eigenvalue weighted by Gasteiger charge is -2.25. The number of hydrogen-bond donors (Lipinski definition) is 1. The van der Waals surface area contributed by atoms with Crippen molar-refractivity contribution in [2.45, 2.75) is 39.3 Å². The average Bonchev–Trinajstić information content (AvgIpc) is 3.14. The van der Waals surface area contributed by atoms with E-state index < -0.39 is 12.0 Å². The lowest BCUT2D eigenvalue weighted by molar-refractivity contribution is -0.143. The van der Waals surface area contributed by atoms with Gasteiger partial charge in [-0.25, -0.2) is 9.79 Å². The van der Waals surface area contributed by atoms with Crippen molar-refractivity contribution < 1.29 is 19.4 Å². The maximum Gasteiger partial charge on any atom is 0.338 e. The maximum absolute atomic E-state index is 13.7. The molecule has 0 bridgehead atoms. The lowest BCUT2D eigenvalue weighted by atomic mass is 9.96. The average molecular weight is 505 g/mol. The summed E-state index contributed by atoms with van der Waals surface area (Å²) in [4.78, 5) is 32.0. The minimum Gasteiger partial charge on any atom is -0.508 e. The molecule has 0 saturated carbocycles. The second-order valence-corrected chi connectivity index (χ2v) is 9.70. The zero-order valence-electron chi connectivity index (χ0n) is 20.6. The van der Waals surface area contributed by atoms with Gasteiger partial charge in [0.05, 0.1) is 35.1 Å². The molecule has 1 aliphatic rings. The number of carbonyl (C=O) groups is 1. The quantitative estimate of drug-likeness (QED) is 0.392. The summed E-state index contributed by atoms with van der Waals surface area (Å²) in [5.74, 6) is 0.340. The standard InChI is InChI=1S/C28H28N2O5S/c1-6-7-20-14-18(8-13-22(20)31)15-23-26(32)30-25(19-9-11-21(34-5)12-10-19)24(27(33)35-16(2)3)17(4)29-28(30)36-23/h6,8-16,25,31H,1,7H2,2-5H3/b23-15+/t25-/m1/s1. The Morgan fingerprint density at radius 1 is 1.25 bits per heavy atom. The second kappa shape index (κ2) is 10.4. The number of rotatable bonds is 7. The summed E-state index contributed by atoms with van der Waals surface area (Å²) in [6.45, 7) is 9.05. The highest BCUT2D eigenvalue weighted by molar-refractivity contribution is 7.07.